The van der Waals surface area contributed by atoms with Crippen LogP contribution in [0, 0.1) is 12.8 Å². The molecule has 4 rings (SSSR count). The van der Waals surface area contributed by atoms with E-state index >= 15 is 0 Å². The third kappa shape index (κ3) is 3.84. The van der Waals surface area contributed by atoms with Gasteiger partial charge in [0.15, 0.2) is 0 Å². The maximum Gasteiger partial charge on any atom is 0.226 e. The molecule has 0 radical (unpaired) electrons. The number of allylic oxidation sites excluding steroid dienone is 2. The van der Waals surface area contributed by atoms with Gasteiger partial charge in [0.2, 0.25) is 5.91 Å². The van der Waals surface area contributed by atoms with Crippen LogP contribution in [-0.4, -0.2) is 47.2 Å². The molecular weight excluding hydrogens is 328 g/mol. The van der Waals surface area contributed by atoms with Crippen LogP contribution in [0.15, 0.2) is 30.4 Å². The van der Waals surface area contributed by atoms with Crippen molar-refractivity contribution < 1.29 is 14.3 Å². The first-order valence-corrected chi connectivity index (χ1v) is 9.75. The number of hydrogen-bond acceptors (Lipinski definition) is 4. The molecule has 5 heteroatoms. The summed E-state index contributed by atoms with van der Waals surface area (Å²) in [7, 11) is 0. The van der Waals surface area contributed by atoms with E-state index in [1.807, 2.05) is 30.0 Å². The fraction of sp³-hybridized carbons (Fsp3) is 0.619. The van der Waals surface area contributed by atoms with E-state index in [9.17, 15) is 4.79 Å². The van der Waals surface area contributed by atoms with Crippen LogP contribution in [0.1, 0.15) is 43.5 Å². The summed E-state index contributed by atoms with van der Waals surface area (Å²) in [5.74, 6) is 0.493. The van der Waals surface area contributed by atoms with Crippen LogP contribution in [0.3, 0.4) is 0 Å². The van der Waals surface area contributed by atoms with E-state index in [1.54, 1.807) is 0 Å². The molecule has 1 spiro atoms. The van der Waals surface area contributed by atoms with E-state index in [-0.39, 0.29) is 17.6 Å². The highest BCUT2D eigenvalue weighted by molar-refractivity contribution is 5.79. The lowest BCUT2D eigenvalue weighted by atomic mass is 9.87. The standard InChI is InChI=1S/C21H28N2O3/c1-16-5-4-8-18(22-16)14-25-19-13-21(26-15-19)9-11-23(12-10-21)20(24)17-6-2-3-7-17/h2-5,8,17,19H,6-7,9-15H2,1H3. The molecule has 5 nitrogen and oxygen atoms in total. The summed E-state index contributed by atoms with van der Waals surface area (Å²) in [5.41, 5.74) is 1.88. The van der Waals surface area contributed by atoms with Crippen LogP contribution in [-0.2, 0) is 20.9 Å². The van der Waals surface area contributed by atoms with Crippen molar-refractivity contribution in [1.82, 2.24) is 9.88 Å². The molecule has 0 aromatic carbocycles. The lowest BCUT2D eigenvalue weighted by Crippen LogP contribution is -2.48. The monoisotopic (exact) mass is 356 g/mol. The minimum atomic E-state index is -0.102. The normalized spacial score (nSPS) is 25.3. The van der Waals surface area contributed by atoms with Gasteiger partial charge in [0, 0.05) is 31.1 Å². The van der Waals surface area contributed by atoms with Crippen LogP contribution in [0.5, 0.6) is 0 Å². The molecule has 0 saturated carbocycles. The summed E-state index contributed by atoms with van der Waals surface area (Å²) >= 11 is 0. The van der Waals surface area contributed by atoms with E-state index in [0.717, 1.165) is 56.6 Å². The Kier molecular flexibility index (Phi) is 5.09. The second kappa shape index (κ2) is 7.49. The van der Waals surface area contributed by atoms with Gasteiger partial charge in [-0.15, -0.1) is 0 Å². The number of likely N-dealkylation sites (tertiary alicyclic amines) is 1. The number of rotatable bonds is 4. The minimum absolute atomic E-state index is 0.102. The molecular formula is C21H28N2O3. The maximum absolute atomic E-state index is 12.6. The van der Waals surface area contributed by atoms with Crippen molar-refractivity contribution >= 4 is 5.91 Å². The van der Waals surface area contributed by atoms with Crippen molar-refractivity contribution in [2.45, 2.75) is 57.3 Å². The predicted octanol–water partition coefficient (Wildman–Crippen LogP) is 3.02. The van der Waals surface area contributed by atoms with Gasteiger partial charge in [0.25, 0.3) is 0 Å². The SMILES string of the molecule is Cc1cccc(COC2COC3(CCN(C(=O)C4CC=CC4)CC3)C2)n1. The molecule has 140 valence electrons. The number of carbonyl (C=O) groups excluding carboxylic acids is 1. The van der Waals surface area contributed by atoms with Crippen molar-refractivity contribution in [2.75, 3.05) is 19.7 Å². The zero-order chi connectivity index (χ0) is 18.0. The Morgan fingerprint density at radius 3 is 2.81 bits per heavy atom. The van der Waals surface area contributed by atoms with Gasteiger partial charge in [-0.25, -0.2) is 0 Å². The van der Waals surface area contributed by atoms with Crippen molar-refractivity contribution in [2.24, 2.45) is 5.92 Å². The second-order valence-corrected chi connectivity index (χ2v) is 7.87. The summed E-state index contributed by atoms with van der Waals surface area (Å²) < 4.78 is 12.2. The van der Waals surface area contributed by atoms with Gasteiger partial charge >= 0.3 is 0 Å². The topological polar surface area (TPSA) is 51.7 Å². The number of pyridine rings is 1. The Labute approximate surface area is 155 Å². The number of ether oxygens (including phenoxy) is 2. The zero-order valence-electron chi connectivity index (χ0n) is 15.5. The third-order valence-corrected chi connectivity index (χ3v) is 5.93. The number of aryl methyl sites for hydroxylation is 1. The van der Waals surface area contributed by atoms with E-state index < -0.39 is 0 Å². The molecule has 1 aromatic heterocycles. The van der Waals surface area contributed by atoms with Crippen molar-refractivity contribution in [3.8, 4) is 0 Å². The Morgan fingerprint density at radius 1 is 1.31 bits per heavy atom. The maximum atomic E-state index is 12.6. The van der Waals surface area contributed by atoms with E-state index in [1.165, 1.54) is 0 Å². The molecule has 2 saturated heterocycles. The predicted molar refractivity (Wildman–Crippen MR) is 98.5 cm³/mol. The molecule has 2 aliphatic heterocycles. The van der Waals surface area contributed by atoms with Gasteiger partial charge in [-0.3, -0.25) is 9.78 Å². The Bertz CT molecular complexity index is 672. The van der Waals surface area contributed by atoms with Crippen LogP contribution in [0.25, 0.3) is 0 Å². The number of amides is 1. The highest BCUT2D eigenvalue weighted by atomic mass is 16.6. The largest absolute Gasteiger partial charge is 0.372 e. The van der Waals surface area contributed by atoms with Gasteiger partial charge in [0.05, 0.1) is 30.6 Å². The molecule has 3 heterocycles. The average Bonchev–Trinajstić information content (AvgIpc) is 3.31. The highest BCUT2D eigenvalue weighted by Gasteiger charge is 2.44. The lowest BCUT2D eigenvalue weighted by molar-refractivity contribution is -0.139. The Balaban J connectivity index is 1.25. The fourth-order valence-corrected chi connectivity index (χ4v) is 4.35. The first-order valence-electron chi connectivity index (χ1n) is 9.75. The Morgan fingerprint density at radius 2 is 2.08 bits per heavy atom. The van der Waals surface area contributed by atoms with Crippen LogP contribution in [0.2, 0.25) is 0 Å². The lowest BCUT2D eigenvalue weighted by Gasteiger charge is -2.39. The van der Waals surface area contributed by atoms with Crippen LogP contribution in [0.4, 0.5) is 0 Å². The minimum Gasteiger partial charge on any atom is -0.372 e. The summed E-state index contributed by atoms with van der Waals surface area (Å²) in [6, 6.07) is 6.01. The number of carbonyl (C=O) groups is 1. The zero-order valence-corrected chi connectivity index (χ0v) is 15.5. The molecule has 1 atom stereocenters. The van der Waals surface area contributed by atoms with Crippen molar-refractivity contribution in [3.05, 3.63) is 41.7 Å². The molecule has 1 unspecified atom stereocenters. The van der Waals surface area contributed by atoms with Gasteiger partial charge in [-0.1, -0.05) is 18.2 Å². The summed E-state index contributed by atoms with van der Waals surface area (Å²) in [6.07, 6.45) is 8.94. The third-order valence-electron chi connectivity index (χ3n) is 5.93. The van der Waals surface area contributed by atoms with E-state index in [0.29, 0.717) is 19.1 Å². The number of hydrogen-bond donors (Lipinski definition) is 0. The van der Waals surface area contributed by atoms with Gasteiger partial charge in [-0.2, -0.15) is 0 Å². The Hall–Kier alpha value is -1.72. The van der Waals surface area contributed by atoms with E-state index in [4.69, 9.17) is 9.47 Å². The smallest absolute Gasteiger partial charge is 0.226 e. The first kappa shape index (κ1) is 17.7. The van der Waals surface area contributed by atoms with Gasteiger partial charge in [-0.05, 0) is 44.7 Å². The molecule has 0 N–H and O–H groups in total. The summed E-state index contributed by atoms with van der Waals surface area (Å²) in [6.45, 7) is 4.79. The average molecular weight is 356 g/mol. The number of nitrogens with zero attached hydrogens (tertiary/aromatic N) is 2. The molecule has 3 aliphatic rings. The molecule has 2 fully saturated rings. The summed E-state index contributed by atoms with van der Waals surface area (Å²) in [5, 5.41) is 0. The number of aromatic nitrogens is 1. The summed E-state index contributed by atoms with van der Waals surface area (Å²) in [4.78, 5) is 19.1. The van der Waals surface area contributed by atoms with Crippen LogP contribution >= 0.6 is 0 Å². The van der Waals surface area contributed by atoms with E-state index in [2.05, 4.69) is 17.1 Å². The van der Waals surface area contributed by atoms with Crippen LogP contribution < -0.4 is 0 Å². The van der Waals surface area contributed by atoms with Crippen molar-refractivity contribution in [1.29, 1.82) is 0 Å². The quantitative estimate of drug-likeness (QED) is 0.778. The fourth-order valence-electron chi connectivity index (χ4n) is 4.35. The molecule has 0 bridgehead atoms. The first-order chi connectivity index (χ1) is 12.6. The molecule has 26 heavy (non-hydrogen) atoms. The van der Waals surface area contributed by atoms with Crippen molar-refractivity contribution in [3.63, 3.8) is 0 Å². The molecule has 1 amide bonds. The number of piperidine rings is 1. The molecule has 1 aliphatic carbocycles. The highest BCUT2D eigenvalue weighted by Crippen LogP contribution is 2.38. The van der Waals surface area contributed by atoms with Gasteiger partial charge in [0.1, 0.15) is 0 Å². The van der Waals surface area contributed by atoms with Gasteiger partial charge < -0.3 is 14.4 Å². The molecule has 1 aromatic rings. The second-order valence-electron chi connectivity index (χ2n) is 7.87.